The van der Waals surface area contributed by atoms with Crippen molar-refractivity contribution < 1.29 is 9.66 Å². The number of hydrogen-bond donors (Lipinski definition) is 2. The summed E-state index contributed by atoms with van der Waals surface area (Å²) in [4.78, 5) is 18.9. The third-order valence-corrected chi connectivity index (χ3v) is 3.24. The molecule has 2 aromatic rings. The first kappa shape index (κ1) is 16.6. The minimum absolute atomic E-state index is 0.150. The number of aryl methyl sites for hydroxylation is 2. The number of ether oxygens (including phenoxy) is 1. The fraction of sp³-hybridized carbons (Fsp3) is 0.333. The Morgan fingerprint density at radius 1 is 1.26 bits per heavy atom. The Hall–Kier alpha value is -2.74. The highest BCUT2D eigenvalue weighted by Gasteiger charge is 2.23. The average molecular weight is 317 g/mol. The Labute approximate surface area is 134 Å². The molecule has 1 aromatic carbocycles. The second-order valence-corrected chi connectivity index (χ2v) is 5.04. The fourth-order valence-corrected chi connectivity index (χ4v) is 2.13. The highest BCUT2D eigenvalue weighted by atomic mass is 16.6. The quantitative estimate of drug-likeness (QED) is 0.460. The molecule has 122 valence electrons. The van der Waals surface area contributed by atoms with E-state index in [-0.39, 0.29) is 17.3 Å². The van der Waals surface area contributed by atoms with Gasteiger partial charge in [0.15, 0.2) is 0 Å². The van der Waals surface area contributed by atoms with Crippen molar-refractivity contribution in [2.45, 2.75) is 13.8 Å². The molecule has 0 spiro atoms. The van der Waals surface area contributed by atoms with Gasteiger partial charge in [0, 0.05) is 19.3 Å². The number of rotatable bonds is 7. The van der Waals surface area contributed by atoms with E-state index in [1.54, 1.807) is 7.11 Å². The molecule has 0 saturated heterocycles. The van der Waals surface area contributed by atoms with E-state index in [1.165, 1.54) is 6.33 Å². The van der Waals surface area contributed by atoms with E-state index in [9.17, 15) is 10.1 Å². The van der Waals surface area contributed by atoms with E-state index in [1.807, 2.05) is 32.0 Å². The topological polar surface area (TPSA) is 102 Å². The lowest BCUT2D eigenvalue weighted by Crippen LogP contribution is -2.12. The predicted molar refractivity (Wildman–Crippen MR) is 88.3 cm³/mol. The third-order valence-electron chi connectivity index (χ3n) is 3.24. The number of benzene rings is 1. The van der Waals surface area contributed by atoms with E-state index in [2.05, 4.69) is 20.6 Å². The minimum atomic E-state index is -0.499. The van der Waals surface area contributed by atoms with Crippen molar-refractivity contribution in [3.05, 3.63) is 45.8 Å². The number of anilines is 3. The summed E-state index contributed by atoms with van der Waals surface area (Å²) >= 11 is 0. The second kappa shape index (κ2) is 7.50. The summed E-state index contributed by atoms with van der Waals surface area (Å²) in [6.07, 6.45) is 1.29. The summed E-state index contributed by atoms with van der Waals surface area (Å²) < 4.78 is 4.93. The molecule has 0 amide bonds. The first-order valence-electron chi connectivity index (χ1n) is 7.09. The fourth-order valence-electron chi connectivity index (χ4n) is 2.13. The van der Waals surface area contributed by atoms with Crippen LogP contribution in [0.25, 0.3) is 0 Å². The Kier molecular flexibility index (Phi) is 5.42. The Balaban J connectivity index is 2.33. The van der Waals surface area contributed by atoms with Crippen LogP contribution < -0.4 is 10.6 Å². The van der Waals surface area contributed by atoms with E-state index < -0.39 is 4.92 Å². The van der Waals surface area contributed by atoms with Gasteiger partial charge in [-0.15, -0.1) is 0 Å². The van der Waals surface area contributed by atoms with E-state index in [0.29, 0.717) is 13.2 Å². The van der Waals surface area contributed by atoms with Crippen LogP contribution in [0.5, 0.6) is 0 Å². The maximum absolute atomic E-state index is 11.4. The van der Waals surface area contributed by atoms with Gasteiger partial charge in [-0.25, -0.2) is 9.97 Å². The van der Waals surface area contributed by atoms with Crippen molar-refractivity contribution in [2.24, 2.45) is 0 Å². The lowest BCUT2D eigenvalue weighted by atomic mass is 10.1. The molecule has 0 atom stereocenters. The number of methoxy groups -OCH3 is 1. The summed E-state index contributed by atoms with van der Waals surface area (Å²) in [6.45, 7) is 4.75. The zero-order chi connectivity index (χ0) is 16.8. The minimum Gasteiger partial charge on any atom is -0.383 e. The van der Waals surface area contributed by atoms with Gasteiger partial charge in [0.05, 0.1) is 11.5 Å². The molecule has 8 heteroatoms. The lowest BCUT2D eigenvalue weighted by Gasteiger charge is -2.11. The SMILES string of the molecule is COCCNc1ncnc(Nc2ccc(C)cc2C)c1[N+](=O)[O-]. The van der Waals surface area contributed by atoms with Crippen molar-refractivity contribution in [3.8, 4) is 0 Å². The van der Waals surface area contributed by atoms with Gasteiger partial charge in [-0.2, -0.15) is 0 Å². The first-order valence-corrected chi connectivity index (χ1v) is 7.09. The molecule has 2 N–H and O–H groups in total. The van der Waals surface area contributed by atoms with Gasteiger partial charge < -0.3 is 15.4 Å². The highest BCUT2D eigenvalue weighted by molar-refractivity contribution is 5.74. The maximum Gasteiger partial charge on any atom is 0.353 e. The number of nitrogens with one attached hydrogen (secondary N) is 2. The van der Waals surface area contributed by atoms with E-state index in [4.69, 9.17) is 4.74 Å². The summed E-state index contributed by atoms with van der Waals surface area (Å²) in [6, 6.07) is 5.79. The normalized spacial score (nSPS) is 10.4. The second-order valence-electron chi connectivity index (χ2n) is 5.04. The van der Waals surface area contributed by atoms with Gasteiger partial charge in [-0.3, -0.25) is 10.1 Å². The van der Waals surface area contributed by atoms with Crippen LogP contribution in [0.15, 0.2) is 24.5 Å². The summed E-state index contributed by atoms with van der Waals surface area (Å²) in [5.74, 6) is 0.311. The molecular weight excluding hydrogens is 298 g/mol. The van der Waals surface area contributed by atoms with Crippen LogP contribution in [0.3, 0.4) is 0 Å². The van der Waals surface area contributed by atoms with E-state index in [0.717, 1.165) is 16.8 Å². The van der Waals surface area contributed by atoms with Gasteiger partial charge in [0.25, 0.3) is 0 Å². The first-order chi connectivity index (χ1) is 11.0. The summed E-state index contributed by atoms with van der Waals surface area (Å²) in [5.41, 5.74) is 2.67. The number of aromatic nitrogens is 2. The number of hydrogen-bond acceptors (Lipinski definition) is 7. The van der Waals surface area contributed by atoms with E-state index >= 15 is 0 Å². The largest absolute Gasteiger partial charge is 0.383 e. The Morgan fingerprint density at radius 3 is 2.65 bits per heavy atom. The van der Waals surface area contributed by atoms with Gasteiger partial charge in [0.1, 0.15) is 6.33 Å². The third kappa shape index (κ3) is 4.13. The number of nitrogens with zero attached hydrogens (tertiary/aromatic N) is 3. The molecule has 0 saturated carbocycles. The smallest absolute Gasteiger partial charge is 0.353 e. The molecule has 0 aliphatic rings. The van der Waals surface area contributed by atoms with Crippen LogP contribution >= 0.6 is 0 Å². The van der Waals surface area contributed by atoms with Crippen LogP contribution in [-0.2, 0) is 4.74 Å². The maximum atomic E-state index is 11.4. The van der Waals surface area contributed by atoms with Gasteiger partial charge in [-0.05, 0) is 25.5 Å². The molecule has 0 fully saturated rings. The van der Waals surface area contributed by atoms with Crippen LogP contribution in [0.1, 0.15) is 11.1 Å². The Bertz CT molecular complexity index is 706. The zero-order valence-electron chi connectivity index (χ0n) is 13.3. The molecule has 0 aliphatic heterocycles. The van der Waals surface area contributed by atoms with Crippen molar-refractivity contribution >= 4 is 23.0 Å². The average Bonchev–Trinajstić information content (AvgIpc) is 2.50. The monoisotopic (exact) mass is 317 g/mol. The molecule has 1 aromatic heterocycles. The molecule has 0 radical (unpaired) electrons. The standard InChI is InChI=1S/C15H19N5O3/c1-10-4-5-12(11(2)8-10)19-15-13(20(21)22)14(17-9-18-15)16-6-7-23-3/h4-5,8-9H,6-7H2,1-3H3,(H2,16,17,18,19). The number of nitro groups is 1. The van der Waals surface area contributed by atoms with Crippen molar-refractivity contribution in [3.63, 3.8) is 0 Å². The molecule has 0 unspecified atom stereocenters. The molecule has 8 nitrogen and oxygen atoms in total. The van der Waals surface area contributed by atoms with Crippen LogP contribution in [0.4, 0.5) is 23.0 Å². The molecule has 0 aliphatic carbocycles. The molecule has 0 bridgehead atoms. The summed E-state index contributed by atoms with van der Waals surface area (Å²) in [7, 11) is 1.56. The van der Waals surface area contributed by atoms with Crippen LogP contribution in [0.2, 0.25) is 0 Å². The van der Waals surface area contributed by atoms with Gasteiger partial charge in [0.2, 0.25) is 11.6 Å². The van der Waals surface area contributed by atoms with Crippen molar-refractivity contribution in [1.82, 2.24) is 9.97 Å². The molecule has 23 heavy (non-hydrogen) atoms. The molecule has 1 heterocycles. The van der Waals surface area contributed by atoms with Gasteiger partial charge in [-0.1, -0.05) is 17.7 Å². The van der Waals surface area contributed by atoms with Crippen molar-refractivity contribution in [2.75, 3.05) is 30.9 Å². The molecule has 2 rings (SSSR count). The predicted octanol–water partition coefficient (Wildman–Crippen LogP) is 2.80. The highest BCUT2D eigenvalue weighted by Crippen LogP contribution is 2.31. The van der Waals surface area contributed by atoms with Crippen molar-refractivity contribution in [1.29, 1.82) is 0 Å². The zero-order valence-corrected chi connectivity index (χ0v) is 13.3. The van der Waals surface area contributed by atoms with Crippen LogP contribution in [-0.4, -0.2) is 35.2 Å². The van der Waals surface area contributed by atoms with Gasteiger partial charge >= 0.3 is 5.69 Å². The Morgan fingerprint density at radius 2 is 2.00 bits per heavy atom. The van der Waals surface area contributed by atoms with Crippen LogP contribution in [0, 0.1) is 24.0 Å². The lowest BCUT2D eigenvalue weighted by molar-refractivity contribution is -0.383. The molecular formula is C15H19N5O3. The summed E-state index contributed by atoms with van der Waals surface area (Å²) in [5, 5.41) is 17.3.